The Kier molecular flexibility index (Phi) is 5.83. The lowest BCUT2D eigenvalue weighted by Crippen LogP contribution is -2.42. The van der Waals surface area contributed by atoms with Crippen molar-refractivity contribution in [1.82, 2.24) is 15.8 Å². The first-order valence-electron chi connectivity index (χ1n) is 8.39. The summed E-state index contributed by atoms with van der Waals surface area (Å²) >= 11 is 1.49. The number of rotatable bonds is 5. The number of hydrogen-bond acceptors (Lipinski definition) is 5. The summed E-state index contributed by atoms with van der Waals surface area (Å²) in [6.45, 7) is 0. The maximum absolute atomic E-state index is 12.2. The van der Waals surface area contributed by atoms with Gasteiger partial charge in [0.25, 0.3) is 5.91 Å². The molecule has 3 rings (SSSR count). The van der Waals surface area contributed by atoms with Gasteiger partial charge in [-0.15, -0.1) is 11.3 Å². The van der Waals surface area contributed by atoms with Crippen molar-refractivity contribution in [2.24, 2.45) is 0 Å². The summed E-state index contributed by atoms with van der Waals surface area (Å²) in [7, 11) is 3.80. The van der Waals surface area contributed by atoms with Crippen molar-refractivity contribution in [2.45, 2.75) is 6.42 Å². The first kappa shape index (κ1) is 18.6. The van der Waals surface area contributed by atoms with Gasteiger partial charge in [0.15, 0.2) is 0 Å². The zero-order valence-electron chi connectivity index (χ0n) is 15.1. The zero-order chi connectivity index (χ0) is 19.2. The second-order valence-corrected chi connectivity index (χ2v) is 6.99. The van der Waals surface area contributed by atoms with Crippen LogP contribution in [0.25, 0.3) is 10.6 Å². The molecule has 0 fully saturated rings. The highest BCUT2D eigenvalue weighted by atomic mass is 32.1. The Hall–Kier alpha value is -3.19. The molecule has 2 N–H and O–H groups in total. The minimum atomic E-state index is -0.365. The standard InChI is InChI=1S/C20H20N4O2S/c1-24(2)17-10-6-9-15(11-17)19(26)23-22-18(25)12-16-13-27-20(21-16)14-7-4-3-5-8-14/h3-11,13H,12H2,1-2H3,(H,22,25)(H,23,26). The molecule has 1 heterocycles. The molecule has 0 radical (unpaired) electrons. The predicted molar refractivity (Wildman–Crippen MR) is 108 cm³/mol. The van der Waals surface area contributed by atoms with Crippen LogP contribution in [0.1, 0.15) is 16.1 Å². The molecule has 0 aliphatic rings. The highest BCUT2D eigenvalue weighted by Gasteiger charge is 2.11. The lowest BCUT2D eigenvalue weighted by Gasteiger charge is -2.13. The summed E-state index contributed by atoms with van der Waals surface area (Å²) in [6.07, 6.45) is 0.0986. The molecule has 7 heteroatoms. The molecule has 0 bridgehead atoms. The van der Waals surface area contributed by atoms with Gasteiger partial charge in [-0.05, 0) is 18.2 Å². The van der Waals surface area contributed by atoms with Gasteiger partial charge in [-0.25, -0.2) is 4.98 Å². The number of amides is 2. The monoisotopic (exact) mass is 380 g/mol. The van der Waals surface area contributed by atoms with Crippen molar-refractivity contribution in [1.29, 1.82) is 0 Å². The van der Waals surface area contributed by atoms with Crippen LogP contribution in [-0.2, 0) is 11.2 Å². The first-order valence-corrected chi connectivity index (χ1v) is 9.27. The van der Waals surface area contributed by atoms with Gasteiger partial charge in [-0.2, -0.15) is 0 Å². The lowest BCUT2D eigenvalue weighted by molar-refractivity contribution is -0.121. The van der Waals surface area contributed by atoms with Crippen molar-refractivity contribution in [3.05, 3.63) is 71.2 Å². The molecule has 0 unspecified atom stereocenters. The number of carbonyl (C=O) groups excluding carboxylic acids is 2. The normalized spacial score (nSPS) is 10.3. The summed E-state index contributed by atoms with van der Waals surface area (Å²) in [5, 5.41) is 2.72. The topological polar surface area (TPSA) is 74.3 Å². The van der Waals surface area contributed by atoms with E-state index in [1.54, 1.807) is 18.2 Å². The largest absolute Gasteiger partial charge is 0.378 e. The molecule has 2 aromatic carbocycles. The van der Waals surface area contributed by atoms with Gasteiger partial charge < -0.3 is 4.90 Å². The summed E-state index contributed by atoms with van der Waals surface area (Å²) in [5.74, 6) is -0.688. The van der Waals surface area contributed by atoms with Crippen molar-refractivity contribution < 1.29 is 9.59 Å². The van der Waals surface area contributed by atoms with E-state index in [2.05, 4.69) is 15.8 Å². The third-order valence-electron chi connectivity index (χ3n) is 3.85. The number of nitrogens with one attached hydrogen (secondary N) is 2. The van der Waals surface area contributed by atoms with Gasteiger partial charge >= 0.3 is 0 Å². The molecule has 0 atom stereocenters. The second-order valence-electron chi connectivity index (χ2n) is 6.13. The van der Waals surface area contributed by atoms with E-state index in [1.165, 1.54) is 11.3 Å². The maximum Gasteiger partial charge on any atom is 0.269 e. The van der Waals surface area contributed by atoms with E-state index in [4.69, 9.17) is 0 Å². The van der Waals surface area contributed by atoms with Crippen LogP contribution in [0.5, 0.6) is 0 Å². The van der Waals surface area contributed by atoms with Crippen LogP contribution in [0.3, 0.4) is 0 Å². The van der Waals surface area contributed by atoms with Crippen LogP contribution < -0.4 is 15.8 Å². The number of aromatic nitrogens is 1. The lowest BCUT2D eigenvalue weighted by atomic mass is 10.2. The molecular weight excluding hydrogens is 360 g/mol. The van der Waals surface area contributed by atoms with Gasteiger partial charge in [0, 0.05) is 36.3 Å². The van der Waals surface area contributed by atoms with Crippen molar-refractivity contribution in [2.75, 3.05) is 19.0 Å². The Labute approximate surface area is 161 Å². The minimum absolute atomic E-state index is 0.0986. The highest BCUT2D eigenvalue weighted by molar-refractivity contribution is 7.13. The number of hydrogen-bond donors (Lipinski definition) is 2. The molecule has 0 saturated carbocycles. The molecule has 2 amide bonds. The number of carbonyl (C=O) groups is 2. The molecule has 0 aliphatic heterocycles. The van der Waals surface area contributed by atoms with Crippen molar-refractivity contribution in [3.63, 3.8) is 0 Å². The third kappa shape index (κ3) is 4.92. The minimum Gasteiger partial charge on any atom is -0.378 e. The molecule has 1 aromatic heterocycles. The number of thiazole rings is 1. The van der Waals surface area contributed by atoms with Crippen LogP contribution in [0.15, 0.2) is 60.0 Å². The van der Waals surface area contributed by atoms with Crippen LogP contribution in [-0.4, -0.2) is 30.9 Å². The van der Waals surface area contributed by atoms with E-state index in [9.17, 15) is 9.59 Å². The van der Waals surface area contributed by atoms with E-state index in [-0.39, 0.29) is 18.2 Å². The fraction of sp³-hybridized carbons (Fsp3) is 0.150. The number of anilines is 1. The summed E-state index contributed by atoms with van der Waals surface area (Å²) in [5.41, 5.74) is 7.95. The Morgan fingerprint density at radius 1 is 1.04 bits per heavy atom. The van der Waals surface area contributed by atoms with E-state index in [1.807, 2.05) is 60.8 Å². The van der Waals surface area contributed by atoms with Crippen LogP contribution in [0.2, 0.25) is 0 Å². The number of nitrogens with zero attached hydrogens (tertiary/aromatic N) is 2. The number of hydrazine groups is 1. The summed E-state index contributed by atoms with van der Waals surface area (Å²) < 4.78 is 0. The molecule has 138 valence electrons. The van der Waals surface area contributed by atoms with Crippen molar-refractivity contribution >= 4 is 28.8 Å². The molecule has 0 aliphatic carbocycles. The van der Waals surface area contributed by atoms with E-state index >= 15 is 0 Å². The van der Waals surface area contributed by atoms with Crippen LogP contribution in [0.4, 0.5) is 5.69 Å². The van der Waals surface area contributed by atoms with Crippen LogP contribution in [0, 0.1) is 0 Å². The molecule has 27 heavy (non-hydrogen) atoms. The predicted octanol–water partition coefficient (Wildman–Crippen LogP) is 2.88. The van der Waals surface area contributed by atoms with Crippen molar-refractivity contribution in [3.8, 4) is 10.6 Å². The Balaban J connectivity index is 1.55. The molecular formula is C20H20N4O2S. The van der Waals surface area contributed by atoms with Gasteiger partial charge in [0.1, 0.15) is 5.01 Å². The third-order valence-corrected chi connectivity index (χ3v) is 4.79. The molecule has 0 saturated heterocycles. The fourth-order valence-electron chi connectivity index (χ4n) is 2.43. The SMILES string of the molecule is CN(C)c1cccc(C(=O)NNC(=O)Cc2csc(-c3ccccc3)n2)c1. The second kappa shape index (κ2) is 8.46. The Bertz CT molecular complexity index is 938. The van der Waals surface area contributed by atoms with Gasteiger partial charge in [-0.3, -0.25) is 20.4 Å². The maximum atomic E-state index is 12.2. The van der Waals surface area contributed by atoms with Gasteiger partial charge in [0.2, 0.25) is 5.91 Å². The Morgan fingerprint density at radius 2 is 1.81 bits per heavy atom. The summed E-state index contributed by atoms with van der Waals surface area (Å²) in [4.78, 5) is 30.7. The highest BCUT2D eigenvalue weighted by Crippen LogP contribution is 2.23. The average molecular weight is 380 g/mol. The average Bonchev–Trinajstić information content (AvgIpc) is 3.15. The van der Waals surface area contributed by atoms with E-state index in [0.29, 0.717) is 11.3 Å². The van der Waals surface area contributed by atoms with Gasteiger partial charge in [0.05, 0.1) is 12.1 Å². The zero-order valence-corrected chi connectivity index (χ0v) is 15.9. The molecule has 6 nitrogen and oxygen atoms in total. The van der Waals surface area contributed by atoms with E-state index < -0.39 is 0 Å². The number of benzene rings is 2. The first-order chi connectivity index (χ1) is 13.0. The van der Waals surface area contributed by atoms with Gasteiger partial charge in [-0.1, -0.05) is 36.4 Å². The summed E-state index contributed by atoms with van der Waals surface area (Å²) in [6, 6.07) is 17.0. The fourth-order valence-corrected chi connectivity index (χ4v) is 3.26. The molecule has 0 spiro atoms. The quantitative estimate of drug-likeness (QED) is 0.668. The smallest absolute Gasteiger partial charge is 0.269 e. The molecule has 3 aromatic rings. The van der Waals surface area contributed by atoms with E-state index in [0.717, 1.165) is 16.3 Å². The van der Waals surface area contributed by atoms with Crippen LogP contribution >= 0.6 is 11.3 Å². The Morgan fingerprint density at radius 3 is 2.56 bits per heavy atom.